The minimum Gasteiger partial charge on any atom is -0.467 e. The van der Waals surface area contributed by atoms with Crippen LogP contribution >= 0.6 is 38.9 Å². The maximum absolute atomic E-state index is 6.28. The van der Waals surface area contributed by atoms with Crippen molar-refractivity contribution in [3.63, 3.8) is 0 Å². The molecule has 2 rings (SSSR count). The van der Waals surface area contributed by atoms with E-state index in [1.807, 2.05) is 12.1 Å². The minimum atomic E-state index is -0.196. The molecule has 0 saturated carbocycles. The average molecular weight is 292 g/mol. The molecule has 2 aromatic rings. The highest BCUT2D eigenvalue weighted by atomic mass is 79.9. The van der Waals surface area contributed by atoms with Gasteiger partial charge in [0.1, 0.15) is 11.1 Å². The Hall–Kier alpha value is -0.250. The molecular formula is C10H8BrClOS. The Kier molecular flexibility index (Phi) is 3.00. The van der Waals surface area contributed by atoms with E-state index >= 15 is 0 Å². The smallest absolute Gasteiger partial charge is 0.127 e. The van der Waals surface area contributed by atoms with Crippen LogP contribution in [0.1, 0.15) is 20.9 Å². The first-order chi connectivity index (χ1) is 6.68. The van der Waals surface area contributed by atoms with Crippen LogP contribution < -0.4 is 0 Å². The van der Waals surface area contributed by atoms with E-state index in [1.54, 1.807) is 17.6 Å². The van der Waals surface area contributed by atoms with Crippen molar-refractivity contribution in [2.75, 3.05) is 0 Å². The predicted octanol–water partition coefficient (Wildman–Crippen LogP) is 4.74. The summed E-state index contributed by atoms with van der Waals surface area (Å²) >= 11 is 11.4. The van der Waals surface area contributed by atoms with Gasteiger partial charge in [0.25, 0.3) is 0 Å². The Morgan fingerprint density at radius 1 is 1.57 bits per heavy atom. The molecule has 0 aromatic carbocycles. The molecule has 4 heteroatoms. The molecule has 0 bridgehead atoms. The SMILES string of the molecule is Cc1cc(Br)c(C(Cl)c2ccco2)s1. The summed E-state index contributed by atoms with van der Waals surface area (Å²) in [6, 6.07) is 5.80. The summed E-state index contributed by atoms with van der Waals surface area (Å²) < 4.78 is 6.32. The van der Waals surface area contributed by atoms with Gasteiger partial charge in [-0.3, -0.25) is 0 Å². The lowest BCUT2D eigenvalue weighted by atomic mass is 10.3. The molecule has 2 aromatic heterocycles. The van der Waals surface area contributed by atoms with Crippen LogP contribution in [-0.2, 0) is 0 Å². The van der Waals surface area contributed by atoms with E-state index < -0.39 is 0 Å². The second-order valence-electron chi connectivity index (χ2n) is 2.95. The van der Waals surface area contributed by atoms with Crippen LogP contribution in [0.3, 0.4) is 0 Å². The monoisotopic (exact) mass is 290 g/mol. The van der Waals surface area contributed by atoms with Crippen LogP contribution in [0.25, 0.3) is 0 Å². The van der Waals surface area contributed by atoms with E-state index in [1.165, 1.54) is 4.88 Å². The fourth-order valence-electron chi connectivity index (χ4n) is 1.24. The third-order valence-electron chi connectivity index (χ3n) is 1.86. The number of hydrogen-bond acceptors (Lipinski definition) is 2. The summed E-state index contributed by atoms with van der Waals surface area (Å²) in [6.45, 7) is 2.06. The third-order valence-corrected chi connectivity index (χ3v) is 4.46. The normalized spacial score (nSPS) is 13.1. The molecule has 0 fully saturated rings. The number of furan rings is 1. The van der Waals surface area contributed by atoms with Crippen LogP contribution in [0, 0.1) is 6.92 Å². The number of hydrogen-bond donors (Lipinski definition) is 0. The number of halogens is 2. The van der Waals surface area contributed by atoms with Gasteiger partial charge in [-0.2, -0.15) is 0 Å². The zero-order valence-electron chi connectivity index (χ0n) is 7.46. The van der Waals surface area contributed by atoms with Gasteiger partial charge in [-0.15, -0.1) is 22.9 Å². The predicted molar refractivity (Wildman–Crippen MR) is 63.2 cm³/mol. The molecule has 0 amide bonds. The van der Waals surface area contributed by atoms with E-state index in [-0.39, 0.29) is 5.38 Å². The van der Waals surface area contributed by atoms with Crippen LogP contribution in [0.5, 0.6) is 0 Å². The summed E-state index contributed by atoms with van der Waals surface area (Å²) in [4.78, 5) is 2.34. The molecule has 2 heterocycles. The number of alkyl halides is 1. The summed E-state index contributed by atoms with van der Waals surface area (Å²) in [5.41, 5.74) is 0. The summed E-state index contributed by atoms with van der Waals surface area (Å²) in [5.74, 6) is 0.786. The van der Waals surface area contributed by atoms with Gasteiger partial charge in [0.2, 0.25) is 0 Å². The van der Waals surface area contributed by atoms with Crippen LogP contribution in [0.2, 0.25) is 0 Å². The van der Waals surface area contributed by atoms with Gasteiger partial charge in [-0.1, -0.05) is 0 Å². The Morgan fingerprint density at radius 3 is 2.86 bits per heavy atom. The Labute approximate surface area is 99.8 Å². The van der Waals surface area contributed by atoms with Gasteiger partial charge >= 0.3 is 0 Å². The lowest BCUT2D eigenvalue weighted by molar-refractivity contribution is 0.517. The molecule has 1 nitrogen and oxygen atoms in total. The molecule has 0 spiro atoms. The molecule has 0 aliphatic carbocycles. The zero-order valence-corrected chi connectivity index (χ0v) is 10.6. The van der Waals surface area contributed by atoms with Crippen LogP contribution in [-0.4, -0.2) is 0 Å². The van der Waals surface area contributed by atoms with Crippen molar-refractivity contribution in [2.24, 2.45) is 0 Å². The number of rotatable bonds is 2. The second kappa shape index (κ2) is 4.09. The molecule has 1 unspecified atom stereocenters. The van der Waals surface area contributed by atoms with Gasteiger partial charge in [-0.05, 0) is 41.1 Å². The fraction of sp³-hybridized carbons (Fsp3) is 0.200. The number of aryl methyl sites for hydroxylation is 1. The molecule has 0 N–H and O–H groups in total. The second-order valence-corrected chi connectivity index (χ2v) is 5.53. The summed E-state index contributed by atoms with van der Waals surface area (Å²) in [6.07, 6.45) is 1.64. The van der Waals surface area contributed by atoms with Gasteiger partial charge < -0.3 is 4.42 Å². The summed E-state index contributed by atoms with van der Waals surface area (Å²) in [7, 11) is 0. The highest BCUT2D eigenvalue weighted by Gasteiger charge is 2.18. The first-order valence-corrected chi connectivity index (χ1v) is 6.16. The zero-order chi connectivity index (χ0) is 10.1. The Morgan fingerprint density at radius 2 is 2.36 bits per heavy atom. The molecule has 74 valence electrons. The van der Waals surface area contributed by atoms with Gasteiger partial charge in [0.15, 0.2) is 0 Å². The lowest BCUT2D eigenvalue weighted by Crippen LogP contribution is -1.87. The van der Waals surface area contributed by atoms with E-state index in [0.29, 0.717) is 0 Å². The van der Waals surface area contributed by atoms with E-state index in [0.717, 1.165) is 15.1 Å². The molecule has 0 aliphatic heterocycles. The maximum atomic E-state index is 6.28. The van der Waals surface area contributed by atoms with Crippen molar-refractivity contribution in [1.29, 1.82) is 0 Å². The highest BCUT2D eigenvalue weighted by Crippen LogP contribution is 2.39. The largest absolute Gasteiger partial charge is 0.467 e. The first kappa shape index (κ1) is 10.3. The van der Waals surface area contributed by atoms with Crippen molar-refractivity contribution in [1.82, 2.24) is 0 Å². The van der Waals surface area contributed by atoms with E-state index in [4.69, 9.17) is 16.0 Å². The highest BCUT2D eigenvalue weighted by molar-refractivity contribution is 9.10. The van der Waals surface area contributed by atoms with Crippen molar-refractivity contribution in [2.45, 2.75) is 12.3 Å². The van der Waals surface area contributed by atoms with Crippen molar-refractivity contribution in [3.05, 3.63) is 44.4 Å². The molecule has 0 aliphatic rings. The fourth-order valence-corrected chi connectivity index (χ4v) is 3.61. The van der Waals surface area contributed by atoms with Crippen molar-refractivity contribution >= 4 is 38.9 Å². The molecule has 0 radical (unpaired) electrons. The number of thiophene rings is 1. The molecule has 14 heavy (non-hydrogen) atoms. The minimum absolute atomic E-state index is 0.196. The first-order valence-electron chi connectivity index (χ1n) is 4.12. The lowest BCUT2D eigenvalue weighted by Gasteiger charge is -2.03. The van der Waals surface area contributed by atoms with Gasteiger partial charge in [0, 0.05) is 14.2 Å². The Balaban J connectivity index is 2.36. The molecule has 1 atom stereocenters. The van der Waals surface area contributed by atoms with Gasteiger partial charge in [-0.25, -0.2) is 0 Å². The van der Waals surface area contributed by atoms with Crippen molar-refractivity contribution in [3.8, 4) is 0 Å². The van der Waals surface area contributed by atoms with Crippen LogP contribution in [0.4, 0.5) is 0 Å². The summed E-state index contributed by atoms with van der Waals surface area (Å²) in [5, 5.41) is -0.196. The molecule has 0 saturated heterocycles. The standard InChI is InChI=1S/C10H8BrClOS/c1-6-5-7(11)10(14-6)9(12)8-3-2-4-13-8/h2-5,9H,1H3. The topological polar surface area (TPSA) is 13.1 Å². The van der Waals surface area contributed by atoms with E-state index in [9.17, 15) is 0 Å². The third kappa shape index (κ3) is 1.90. The Bertz CT molecular complexity index is 421. The quantitative estimate of drug-likeness (QED) is 0.728. The average Bonchev–Trinajstić information content (AvgIpc) is 2.73. The maximum Gasteiger partial charge on any atom is 0.127 e. The molecular weight excluding hydrogens is 284 g/mol. The van der Waals surface area contributed by atoms with Crippen molar-refractivity contribution < 1.29 is 4.42 Å². The van der Waals surface area contributed by atoms with E-state index in [2.05, 4.69) is 28.9 Å². The van der Waals surface area contributed by atoms with Gasteiger partial charge in [0.05, 0.1) is 6.26 Å². The van der Waals surface area contributed by atoms with Crippen LogP contribution in [0.15, 0.2) is 33.4 Å².